The van der Waals surface area contributed by atoms with Crippen LogP contribution < -0.4 is 5.32 Å². The number of rotatable bonds is 7. The quantitative estimate of drug-likeness (QED) is 0.837. The molecule has 0 saturated heterocycles. The normalized spacial score (nSPS) is 16.6. The van der Waals surface area contributed by atoms with E-state index < -0.39 is 0 Å². The van der Waals surface area contributed by atoms with E-state index in [9.17, 15) is 4.79 Å². The summed E-state index contributed by atoms with van der Waals surface area (Å²) < 4.78 is 6.29. The van der Waals surface area contributed by atoms with E-state index in [4.69, 9.17) is 16.3 Å². The van der Waals surface area contributed by atoms with Gasteiger partial charge in [0.05, 0.1) is 10.9 Å². The Hall–Kier alpha value is -0.580. The van der Waals surface area contributed by atoms with E-state index in [1.807, 2.05) is 12.1 Å². The third kappa shape index (κ3) is 4.59. The molecule has 0 spiro atoms. The highest BCUT2D eigenvalue weighted by Gasteiger charge is 2.23. The summed E-state index contributed by atoms with van der Waals surface area (Å²) in [5.74, 6) is 0.659. The molecule has 1 aliphatic rings. The minimum atomic E-state index is -0.350. The molecule has 1 amide bonds. The highest BCUT2D eigenvalue weighted by molar-refractivity contribution is 7.16. The van der Waals surface area contributed by atoms with Gasteiger partial charge in [-0.25, -0.2) is 0 Å². The predicted octanol–water partition coefficient (Wildman–Crippen LogP) is 2.88. The molecule has 18 heavy (non-hydrogen) atoms. The van der Waals surface area contributed by atoms with E-state index in [2.05, 4.69) is 5.32 Å². The van der Waals surface area contributed by atoms with Gasteiger partial charge >= 0.3 is 0 Å². The molecule has 1 fully saturated rings. The summed E-state index contributed by atoms with van der Waals surface area (Å²) in [5, 5.41) is 2.88. The summed E-state index contributed by atoms with van der Waals surface area (Å²) in [7, 11) is 0. The first-order chi connectivity index (χ1) is 8.65. The molecular formula is C13H18ClNO2S. The smallest absolute Gasteiger partial charge is 0.248 e. The highest BCUT2D eigenvalue weighted by atomic mass is 35.5. The van der Waals surface area contributed by atoms with Crippen LogP contribution >= 0.6 is 22.9 Å². The van der Waals surface area contributed by atoms with Gasteiger partial charge in [0.2, 0.25) is 5.91 Å². The minimum absolute atomic E-state index is 0.0293. The molecule has 1 saturated carbocycles. The van der Waals surface area contributed by atoms with Crippen molar-refractivity contribution in [3.05, 3.63) is 21.3 Å². The zero-order valence-electron chi connectivity index (χ0n) is 10.4. The first-order valence-corrected chi connectivity index (χ1v) is 7.48. The van der Waals surface area contributed by atoms with Crippen LogP contribution in [0.2, 0.25) is 4.34 Å². The largest absolute Gasteiger partial charge is 0.368 e. The van der Waals surface area contributed by atoms with Gasteiger partial charge in [-0.1, -0.05) is 11.6 Å². The maximum atomic E-state index is 11.7. The molecule has 1 N–H and O–H groups in total. The Bertz CT molecular complexity index is 403. The van der Waals surface area contributed by atoms with E-state index in [-0.39, 0.29) is 12.0 Å². The number of nitrogens with one attached hydrogen (secondary N) is 1. The van der Waals surface area contributed by atoms with Crippen LogP contribution in [-0.2, 0) is 16.0 Å². The molecule has 2 rings (SSSR count). The second-order valence-corrected chi connectivity index (χ2v) is 6.47. The zero-order chi connectivity index (χ0) is 13.0. The van der Waals surface area contributed by atoms with Crippen molar-refractivity contribution in [1.29, 1.82) is 0 Å². The summed E-state index contributed by atoms with van der Waals surface area (Å²) in [5.41, 5.74) is 0. The molecule has 1 aromatic rings. The number of hydrogen-bond acceptors (Lipinski definition) is 3. The van der Waals surface area contributed by atoms with Gasteiger partial charge in [-0.05, 0) is 44.2 Å². The lowest BCUT2D eigenvalue weighted by Crippen LogP contribution is -2.36. The van der Waals surface area contributed by atoms with Crippen molar-refractivity contribution < 1.29 is 9.53 Å². The van der Waals surface area contributed by atoms with Crippen molar-refractivity contribution in [2.24, 2.45) is 5.92 Å². The van der Waals surface area contributed by atoms with Gasteiger partial charge in [0, 0.05) is 11.4 Å². The van der Waals surface area contributed by atoms with E-state index >= 15 is 0 Å². The number of halogens is 1. The monoisotopic (exact) mass is 287 g/mol. The number of carbonyl (C=O) groups excluding carboxylic acids is 1. The molecule has 1 heterocycles. The number of thiophene rings is 1. The third-order valence-electron chi connectivity index (χ3n) is 2.95. The van der Waals surface area contributed by atoms with Crippen LogP contribution in [0.5, 0.6) is 0 Å². The first kappa shape index (κ1) is 13.8. The Morgan fingerprint density at radius 1 is 1.61 bits per heavy atom. The fraction of sp³-hybridized carbons (Fsp3) is 0.615. The Labute approximate surface area is 116 Å². The lowest BCUT2D eigenvalue weighted by atomic mass is 10.3. The Morgan fingerprint density at radius 2 is 2.39 bits per heavy atom. The summed E-state index contributed by atoms with van der Waals surface area (Å²) in [6.07, 6.45) is 2.96. The van der Waals surface area contributed by atoms with Gasteiger partial charge in [-0.15, -0.1) is 11.3 Å². The van der Waals surface area contributed by atoms with Gasteiger partial charge in [-0.3, -0.25) is 4.79 Å². The third-order valence-corrected chi connectivity index (χ3v) is 4.24. The molecule has 0 aromatic carbocycles. The molecule has 100 valence electrons. The van der Waals surface area contributed by atoms with E-state index in [1.165, 1.54) is 17.7 Å². The van der Waals surface area contributed by atoms with Crippen LogP contribution in [0.25, 0.3) is 0 Å². The fourth-order valence-corrected chi connectivity index (χ4v) is 2.67. The van der Waals surface area contributed by atoms with Crippen molar-refractivity contribution in [2.45, 2.75) is 32.3 Å². The van der Waals surface area contributed by atoms with E-state index in [0.717, 1.165) is 17.4 Å². The molecule has 0 aliphatic heterocycles. The van der Waals surface area contributed by atoms with E-state index in [0.29, 0.717) is 12.5 Å². The van der Waals surface area contributed by atoms with Crippen molar-refractivity contribution in [1.82, 2.24) is 5.32 Å². The molecule has 0 radical (unpaired) electrons. The summed E-state index contributed by atoms with van der Waals surface area (Å²) in [6, 6.07) is 3.87. The molecule has 3 nitrogen and oxygen atoms in total. The second-order valence-electron chi connectivity index (χ2n) is 4.67. The number of carbonyl (C=O) groups is 1. The van der Waals surface area contributed by atoms with Gasteiger partial charge in [0.1, 0.15) is 6.10 Å². The Kier molecular flexibility index (Phi) is 5.03. The summed E-state index contributed by atoms with van der Waals surface area (Å²) in [6.45, 7) is 3.15. The van der Waals surface area contributed by atoms with Gasteiger partial charge in [0.25, 0.3) is 0 Å². The van der Waals surface area contributed by atoms with Gasteiger partial charge in [0.15, 0.2) is 0 Å². The molecule has 0 bridgehead atoms. The van der Waals surface area contributed by atoms with Crippen LogP contribution in [-0.4, -0.2) is 25.2 Å². The summed E-state index contributed by atoms with van der Waals surface area (Å²) in [4.78, 5) is 12.9. The van der Waals surface area contributed by atoms with Crippen LogP contribution in [0.3, 0.4) is 0 Å². The lowest BCUT2D eigenvalue weighted by Gasteiger charge is -2.12. The van der Waals surface area contributed by atoms with Crippen LogP contribution in [0, 0.1) is 5.92 Å². The first-order valence-electron chi connectivity index (χ1n) is 6.28. The van der Waals surface area contributed by atoms with Crippen molar-refractivity contribution in [2.75, 3.05) is 13.2 Å². The standard InChI is InChI=1S/C13H18ClNO2S/c1-9(17-8-10-2-3-10)13(16)15-7-6-11-4-5-12(14)18-11/h4-5,9-10H,2-3,6-8H2,1H3,(H,15,16). The zero-order valence-corrected chi connectivity index (χ0v) is 12.0. The Balaban J connectivity index is 1.61. The minimum Gasteiger partial charge on any atom is -0.368 e. The molecule has 1 aromatic heterocycles. The average Bonchev–Trinajstić information content (AvgIpc) is 3.09. The van der Waals surface area contributed by atoms with Gasteiger partial charge < -0.3 is 10.1 Å². The SMILES string of the molecule is CC(OCC1CC1)C(=O)NCCc1ccc(Cl)s1. The number of ether oxygens (including phenoxy) is 1. The topological polar surface area (TPSA) is 38.3 Å². The fourth-order valence-electron chi connectivity index (χ4n) is 1.58. The van der Waals surface area contributed by atoms with Crippen LogP contribution in [0.15, 0.2) is 12.1 Å². The Morgan fingerprint density at radius 3 is 3.00 bits per heavy atom. The number of hydrogen-bond donors (Lipinski definition) is 1. The highest BCUT2D eigenvalue weighted by Crippen LogP contribution is 2.29. The molecule has 1 atom stereocenters. The molecule has 1 unspecified atom stereocenters. The molecular weight excluding hydrogens is 270 g/mol. The molecule has 5 heteroatoms. The second kappa shape index (κ2) is 6.55. The van der Waals surface area contributed by atoms with E-state index in [1.54, 1.807) is 18.3 Å². The number of amides is 1. The predicted molar refractivity (Wildman–Crippen MR) is 74.2 cm³/mol. The van der Waals surface area contributed by atoms with Gasteiger partial charge in [-0.2, -0.15) is 0 Å². The van der Waals surface area contributed by atoms with Crippen molar-refractivity contribution in [3.8, 4) is 0 Å². The average molecular weight is 288 g/mol. The van der Waals surface area contributed by atoms with Crippen LogP contribution in [0.1, 0.15) is 24.6 Å². The summed E-state index contributed by atoms with van der Waals surface area (Å²) >= 11 is 7.39. The molecule has 1 aliphatic carbocycles. The van der Waals surface area contributed by atoms with Crippen molar-refractivity contribution >= 4 is 28.8 Å². The maximum Gasteiger partial charge on any atom is 0.248 e. The lowest BCUT2D eigenvalue weighted by molar-refractivity contribution is -0.131. The maximum absolute atomic E-state index is 11.7. The van der Waals surface area contributed by atoms with Crippen LogP contribution in [0.4, 0.5) is 0 Å². The van der Waals surface area contributed by atoms with Crippen molar-refractivity contribution in [3.63, 3.8) is 0 Å².